The summed E-state index contributed by atoms with van der Waals surface area (Å²) in [5.74, 6) is 0.289. The van der Waals surface area contributed by atoms with Crippen LogP contribution in [0, 0.1) is 0 Å². The van der Waals surface area contributed by atoms with Gasteiger partial charge in [0.05, 0.1) is 19.3 Å². The van der Waals surface area contributed by atoms with Crippen molar-refractivity contribution in [3.8, 4) is 11.5 Å². The summed E-state index contributed by atoms with van der Waals surface area (Å²) in [6.45, 7) is 0.734. The van der Waals surface area contributed by atoms with Gasteiger partial charge in [-0.3, -0.25) is 0 Å². The number of nitrogens with zero attached hydrogens (tertiary/aromatic N) is 3. The molecular weight excluding hydrogens is 276 g/mol. The van der Waals surface area contributed by atoms with E-state index in [-0.39, 0.29) is 12.2 Å². The summed E-state index contributed by atoms with van der Waals surface area (Å²) in [5.41, 5.74) is 5.78. The van der Waals surface area contributed by atoms with Gasteiger partial charge in [-0.1, -0.05) is 5.21 Å². The molecule has 8 heteroatoms. The van der Waals surface area contributed by atoms with Crippen molar-refractivity contribution >= 4 is 5.97 Å². The molecule has 0 spiro atoms. The largest absolute Gasteiger partial charge is 0.497 e. The molecule has 0 fully saturated rings. The maximum Gasteiger partial charge on any atom is 0.358 e. The minimum atomic E-state index is -1.14. The SMILES string of the molecule is COc1ccc(OCCn2nnc(C(=O)O)c2CN)cc1. The van der Waals surface area contributed by atoms with E-state index in [0.717, 1.165) is 5.75 Å². The standard InChI is InChI=1S/C13H16N4O4/c1-20-9-2-4-10(5-3-9)21-7-6-17-11(8-14)12(13(18)19)15-16-17/h2-5H,6-8,14H2,1H3,(H,18,19). The van der Waals surface area contributed by atoms with Crippen LogP contribution < -0.4 is 15.2 Å². The zero-order chi connectivity index (χ0) is 15.2. The first kappa shape index (κ1) is 14.8. The average molecular weight is 292 g/mol. The van der Waals surface area contributed by atoms with Crippen LogP contribution >= 0.6 is 0 Å². The molecule has 2 rings (SSSR count). The molecule has 0 amide bonds. The number of carbonyl (C=O) groups is 1. The molecule has 3 N–H and O–H groups in total. The maximum atomic E-state index is 10.9. The van der Waals surface area contributed by atoms with Crippen LogP contribution in [-0.2, 0) is 13.1 Å². The maximum absolute atomic E-state index is 10.9. The van der Waals surface area contributed by atoms with Crippen molar-refractivity contribution in [1.29, 1.82) is 0 Å². The lowest BCUT2D eigenvalue weighted by atomic mass is 10.3. The Morgan fingerprint density at radius 2 is 2.00 bits per heavy atom. The van der Waals surface area contributed by atoms with Gasteiger partial charge in [-0.2, -0.15) is 0 Å². The Balaban J connectivity index is 1.95. The van der Waals surface area contributed by atoms with Gasteiger partial charge in [0.2, 0.25) is 0 Å². The van der Waals surface area contributed by atoms with E-state index in [0.29, 0.717) is 24.6 Å². The second-order valence-corrected chi connectivity index (χ2v) is 4.14. The Kier molecular flexibility index (Phi) is 4.72. The molecule has 21 heavy (non-hydrogen) atoms. The van der Waals surface area contributed by atoms with Crippen LogP contribution in [0.4, 0.5) is 0 Å². The summed E-state index contributed by atoms with van der Waals surface area (Å²) in [5, 5.41) is 16.3. The van der Waals surface area contributed by atoms with E-state index in [1.165, 1.54) is 4.68 Å². The van der Waals surface area contributed by atoms with Crippen LogP contribution in [0.5, 0.6) is 11.5 Å². The zero-order valence-electron chi connectivity index (χ0n) is 11.5. The van der Waals surface area contributed by atoms with Gasteiger partial charge in [0, 0.05) is 6.54 Å². The second-order valence-electron chi connectivity index (χ2n) is 4.14. The Labute approximate surface area is 121 Å². The highest BCUT2D eigenvalue weighted by Gasteiger charge is 2.17. The number of carboxylic acids is 1. The minimum Gasteiger partial charge on any atom is -0.497 e. The molecule has 0 saturated heterocycles. The fourth-order valence-electron chi connectivity index (χ4n) is 1.80. The third-order valence-corrected chi connectivity index (χ3v) is 2.86. The summed E-state index contributed by atoms with van der Waals surface area (Å²) >= 11 is 0. The van der Waals surface area contributed by atoms with Crippen LogP contribution in [0.25, 0.3) is 0 Å². The molecular formula is C13H16N4O4. The Morgan fingerprint density at radius 3 is 2.57 bits per heavy atom. The highest BCUT2D eigenvalue weighted by Crippen LogP contribution is 2.17. The smallest absolute Gasteiger partial charge is 0.358 e. The number of benzene rings is 1. The number of aromatic carboxylic acids is 1. The lowest BCUT2D eigenvalue weighted by Gasteiger charge is -2.08. The minimum absolute atomic E-state index is 0.0527. The monoisotopic (exact) mass is 292 g/mol. The summed E-state index contributed by atoms with van der Waals surface area (Å²) in [6.07, 6.45) is 0. The van der Waals surface area contributed by atoms with Crippen LogP contribution in [0.15, 0.2) is 24.3 Å². The number of aromatic nitrogens is 3. The average Bonchev–Trinajstić information content (AvgIpc) is 2.91. The molecule has 0 aliphatic carbocycles. The van der Waals surface area contributed by atoms with E-state index < -0.39 is 5.97 Å². The number of hydrogen-bond donors (Lipinski definition) is 2. The van der Waals surface area contributed by atoms with E-state index in [1.54, 1.807) is 31.4 Å². The van der Waals surface area contributed by atoms with Crippen LogP contribution in [-0.4, -0.2) is 39.8 Å². The highest BCUT2D eigenvalue weighted by molar-refractivity contribution is 5.86. The van der Waals surface area contributed by atoms with Gasteiger partial charge < -0.3 is 20.3 Å². The molecule has 1 aromatic heterocycles. The van der Waals surface area contributed by atoms with Gasteiger partial charge in [0.15, 0.2) is 5.69 Å². The van der Waals surface area contributed by atoms with Gasteiger partial charge in [-0.15, -0.1) is 5.10 Å². The fraction of sp³-hybridized carbons (Fsp3) is 0.308. The molecule has 1 aromatic carbocycles. The molecule has 0 aliphatic heterocycles. The number of methoxy groups -OCH3 is 1. The van der Waals surface area contributed by atoms with Crippen molar-refractivity contribution in [2.75, 3.05) is 13.7 Å². The molecule has 0 atom stereocenters. The number of carboxylic acid groups (broad SMARTS) is 1. The summed E-state index contributed by atoms with van der Waals surface area (Å²) in [4.78, 5) is 10.9. The molecule has 0 aliphatic rings. The zero-order valence-corrected chi connectivity index (χ0v) is 11.5. The molecule has 2 aromatic rings. The van der Waals surface area contributed by atoms with Crippen molar-refractivity contribution in [3.05, 3.63) is 35.7 Å². The lowest BCUT2D eigenvalue weighted by molar-refractivity contribution is 0.0689. The summed E-state index contributed by atoms with van der Waals surface area (Å²) in [7, 11) is 1.59. The Morgan fingerprint density at radius 1 is 1.33 bits per heavy atom. The Bertz CT molecular complexity index is 609. The van der Waals surface area contributed by atoms with E-state index in [2.05, 4.69) is 10.3 Å². The van der Waals surface area contributed by atoms with E-state index >= 15 is 0 Å². The quantitative estimate of drug-likeness (QED) is 0.765. The van der Waals surface area contributed by atoms with Crippen LogP contribution in [0.2, 0.25) is 0 Å². The van der Waals surface area contributed by atoms with Gasteiger partial charge in [-0.05, 0) is 24.3 Å². The predicted molar refractivity (Wildman–Crippen MR) is 73.4 cm³/mol. The number of ether oxygens (including phenoxy) is 2. The van der Waals surface area contributed by atoms with Crippen molar-refractivity contribution in [2.24, 2.45) is 5.73 Å². The first-order valence-electron chi connectivity index (χ1n) is 6.28. The number of nitrogens with two attached hydrogens (primary N) is 1. The third kappa shape index (κ3) is 3.48. The van der Waals surface area contributed by atoms with Crippen molar-refractivity contribution < 1.29 is 19.4 Å². The normalized spacial score (nSPS) is 10.4. The first-order chi connectivity index (χ1) is 10.2. The third-order valence-electron chi connectivity index (χ3n) is 2.86. The van der Waals surface area contributed by atoms with Gasteiger partial charge in [0.25, 0.3) is 0 Å². The summed E-state index contributed by atoms with van der Waals surface area (Å²) < 4.78 is 12.0. The molecule has 112 valence electrons. The highest BCUT2D eigenvalue weighted by atomic mass is 16.5. The fourth-order valence-corrected chi connectivity index (χ4v) is 1.80. The lowest BCUT2D eigenvalue weighted by Crippen LogP contribution is -2.16. The number of hydrogen-bond acceptors (Lipinski definition) is 6. The van der Waals surface area contributed by atoms with Crippen molar-refractivity contribution in [1.82, 2.24) is 15.0 Å². The van der Waals surface area contributed by atoms with Gasteiger partial charge in [-0.25, -0.2) is 9.48 Å². The second kappa shape index (κ2) is 6.71. The first-order valence-corrected chi connectivity index (χ1v) is 6.28. The molecule has 8 nitrogen and oxygen atoms in total. The molecule has 0 unspecified atom stereocenters. The summed E-state index contributed by atoms with van der Waals surface area (Å²) in [6, 6.07) is 7.15. The van der Waals surface area contributed by atoms with E-state index in [1.807, 2.05) is 0 Å². The molecule has 0 saturated carbocycles. The molecule has 1 heterocycles. The molecule has 0 bridgehead atoms. The topological polar surface area (TPSA) is 112 Å². The van der Waals surface area contributed by atoms with Gasteiger partial charge >= 0.3 is 5.97 Å². The van der Waals surface area contributed by atoms with E-state index in [9.17, 15) is 4.79 Å². The van der Waals surface area contributed by atoms with Gasteiger partial charge in [0.1, 0.15) is 18.1 Å². The van der Waals surface area contributed by atoms with Crippen LogP contribution in [0.1, 0.15) is 16.2 Å². The van der Waals surface area contributed by atoms with Crippen LogP contribution in [0.3, 0.4) is 0 Å². The number of rotatable bonds is 7. The predicted octanol–water partition coefficient (Wildman–Crippen LogP) is 0.523. The van der Waals surface area contributed by atoms with E-state index in [4.69, 9.17) is 20.3 Å². The van der Waals surface area contributed by atoms with Crippen molar-refractivity contribution in [3.63, 3.8) is 0 Å². The molecule has 0 radical (unpaired) electrons. The Hall–Kier alpha value is -2.61. The van der Waals surface area contributed by atoms with Crippen molar-refractivity contribution in [2.45, 2.75) is 13.1 Å².